The number of amides is 1. The second-order valence-electron chi connectivity index (χ2n) is 6.02. The number of carbonyl (C=O) groups is 1. The maximum absolute atomic E-state index is 12.2. The number of nitrogens with zero attached hydrogens (tertiary/aromatic N) is 1. The van der Waals surface area contributed by atoms with Crippen molar-refractivity contribution in [2.24, 2.45) is 5.92 Å². The smallest absolute Gasteiger partial charge is 0.223 e. The molecule has 5 heteroatoms. The number of hydrogen-bond donors (Lipinski definition) is 1. The number of carbonyl (C=O) groups excluding carboxylic acids is 1. The Balaban J connectivity index is 1.26. The van der Waals surface area contributed by atoms with Gasteiger partial charge in [0.2, 0.25) is 5.91 Å². The molecule has 0 bridgehead atoms. The minimum Gasteiger partial charge on any atom is -0.469 e. The number of thiazole rings is 1. The summed E-state index contributed by atoms with van der Waals surface area (Å²) in [6.45, 7) is 0.623. The summed E-state index contributed by atoms with van der Waals surface area (Å²) >= 11 is 1.64. The number of hydrogen-bond acceptors (Lipinski definition) is 4. The molecule has 0 saturated heterocycles. The summed E-state index contributed by atoms with van der Waals surface area (Å²) in [5.74, 6) is 1.35. The molecule has 24 heavy (non-hydrogen) atoms. The van der Waals surface area contributed by atoms with Gasteiger partial charge in [0.05, 0.1) is 12.0 Å². The highest BCUT2D eigenvalue weighted by molar-refractivity contribution is 7.13. The summed E-state index contributed by atoms with van der Waals surface area (Å²) < 4.78 is 5.37. The summed E-state index contributed by atoms with van der Waals surface area (Å²) in [5, 5.41) is 6.11. The Morgan fingerprint density at radius 1 is 1.25 bits per heavy atom. The highest BCUT2D eigenvalue weighted by Gasteiger charge is 2.45. The van der Waals surface area contributed by atoms with Gasteiger partial charge in [-0.2, -0.15) is 0 Å². The SMILES string of the molecule is O=C(NCCc1csc(-c2ccccc2)n1)[C@@H]1C[C@@H]1c1ccco1. The van der Waals surface area contributed by atoms with Gasteiger partial charge in [-0.05, 0) is 18.6 Å². The molecule has 1 amide bonds. The topological polar surface area (TPSA) is 55.1 Å². The van der Waals surface area contributed by atoms with E-state index in [1.54, 1.807) is 17.6 Å². The summed E-state index contributed by atoms with van der Waals surface area (Å²) in [7, 11) is 0. The molecule has 4 rings (SSSR count). The van der Waals surface area contributed by atoms with Crippen molar-refractivity contribution in [2.45, 2.75) is 18.8 Å². The summed E-state index contributed by atoms with van der Waals surface area (Å²) in [6, 6.07) is 14.0. The molecule has 4 nitrogen and oxygen atoms in total. The van der Waals surface area contributed by atoms with E-state index in [4.69, 9.17) is 4.42 Å². The largest absolute Gasteiger partial charge is 0.469 e. The molecule has 3 aromatic rings. The fraction of sp³-hybridized carbons (Fsp3) is 0.263. The van der Waals surface area contributed by atoms with E-state index in [9.17, 15) is 4.79 Å². The van der Waals surface area contributed by atoms with Crippen LogP contribution in [0.4, 0.5) is 0 Å². The first kappa shape index (κ1) is 15.1. The summed E-state index contributed by atoms with van der Waals surface area (Å²) in [6.07, 6.45) is 3.30. The second kappa shape index (κ2) is 6.61. The van der Waals surface area contributed by atoms with Gasteiger partial charge in [-0.25, -0.2) is 4.98 Å². The van der Waals surface area contributed by atoms with Crippen molar-refractivity contribution in [3.8, 4) is 10.6 Å². The highest BCUT2D eigenvalue weighted by Crippen LogP contribution is 2.47. The Kier molecular flexibility index (Phi) is 4.17. The molecule has 2 aromatic heterocycles. The quantitative estimate of drug-likeness (QED) is 0.742. The van der Waals surface area contributed by atoms with E-state index < -0.39 is 0 Å². The molecule has 0 aliphatic heterocycles. The van der Waals surface area contributed by atoms with Crippen LogP contribution in [0.5, 0.6) is 0 Å². The van der Waals surface area contributed by atoms with Gasteiger partial charge in [0.1, 0.15) is 10.8 Å². The molecular formula is C19H18N2O2S. The maximum Gasteiger partial charge on any atom is 0.223 e. The van der Waals surface area contributed by atoms with Crippen molar-refractivity contribution in [1.29, 1.82) is 0 Å². The van der Waals surface area contributed by atoms with Crippen LogP contribution in [0.25, 0.3) is 10.6 Å². The van der Waals surface area contributed by atoms with Crippen molar-refractivity contribution in [1.82, 2.24) is 10.3 Å². The van der Waals surface area contributed by atoms with Crippen molar-refractivity contribution < 1.29 is 9.21 Å². The zero-order chi connectivity index (χ0) is 16.4. The number of benzene rings is 1. The second-order valence-corrected chi connectivity index (χ2v) is 6.87. The fourth-order valence-corrected chi connectivity index (χ4v) is 3.74. The van der Waals surface area contributed by atoms with E-state index in [1.807, 2.05) is 30.3 Å². The van der Waals surface area contributed by atoms with Crippen LogP contribution in [-0.2, 0) is 11.2 Å². The Labute approximate surface area is 144 Å². The van der Waals surface area contributed by atoms with Crippen LogP contribution < -0.4 is 5.32 Å². The number of nitrogens with one attached hydrogen (secondary N) is 1. The molecule has 1 fully saturated rings. The number of furan rings is 1. The van der Waals surface area contributed by atoms with Gasteiger partial charge >= 0.3 is 0 Å². The standard InChI is InChI=1S/C19H18N2O2S/c22-18(16-11-15(16)17-7-4-10-23-17)20-9-8-14-12-24-19(21-14)13-5-2-1-3-6-13/h1-7,10,12,15-16H,8-9,11H2,(H,20,22)/t15-,16+/m0/s1. The Bertz CT molecular complexity index is 811. The summed E-state index contributed by atoms with van der Waals surface area (Å²) in [4.78, 5) is 16.8. The third kappa shape index (κ3) is 3.26. The predicted octanol–water partition coefficient (Wildman–Crippen LogP) is 3.87. The van der Waals surface area contributed by atoms with Gasteiger partial charge in [-0.3, -0.25) is 4.79 Å². The van der Waals surface area contributed by atoms with Crippen molar-refractivity contribution in [2.75, 3.05) is 6.54 Å². The molecule has 0 unspecified atom stereocenters. The third-order valence-electron chi connectivity index (χ3n) is 4.29. The van der Waals surface area contributed by atoms with Crippen LogP contribution in [-0.4, -0.2) is 17.4 Å². The lowest BCUT2D eigenvalue weighted by Gasteiger charge is -2.03. The lowest BCUT2D eigenvalue weighted by atomic mass is 10.2. The van der Waals surface area contributed by atoms with Gasteiger partial charge in [0.15, 0.2) is 0 Å². The van der Waals surface area contributed by atoms with E-state index in [1.165, 1.54) is 0 Å². The Hall–Kier alpha value is -2.40. The first-order valence-electron chi connectivity index (χ1n) is 8.12. The first-order valence-corrected chi connectivity index (χ1v) is 9.00. The van der Waals surface area contributed by atoms with Gasteiger partial charge in [-0.1, -0.05) is 30.3 Å². The Morgan fingerprint density at radius 3 is 2.92 bits per heavy atom. The minimum atomic E-state index is 0.0615. The van der Waals surface area contributed by atoms with Crippen LogP contribution in [0, 0.1) is 5.92 Å². The van der Waals surface area contributed by atoms with Crippen LogP contribution in [0.15, 0.2) is 58.5 Å². The molecule has 2 atom stereocenters. The molecule has 0 spiro atoms. The van der Waals surface area contributed by atoms with Crippen molar-refractivity contribution >= 4 is 17.2 Å². The van der Waals surface area contributed by atoms with Crippen LogP contribution in [0.2, 0.25) is 0 Å². The minimum absolute atomic E-state index is 0.0615. The molecular weight excluding hydrogens is 320 g/mol. The van der Waals surface area contributed by atoms with Crippen LogP contribution >= 0.6 is 11.3 Å². The monoisotopic (exact) mass is 338 g/mol. The number of rotatable bonds is 6. The molecule has 0 radical (unpaired) electrons. The zero-order valence-corrected chi connectivity index (χ0v) is 14.0. The van der Waals surface area contributed by atoms with Gasteiger partial charge < -0.3 is 9.73 Å². The van der Waals surface area contributed by atoms with Gasteiger partial charge in [0.25, 0.3) is 0 Å². The van der Waals surface area contributed by atoms with Crippen LogP contribution in [0.1, 0.15) is 23.8 Å². The van der Waals surface area contributed by atoms with Crippen molar-refractivity contribution in [3.63, 3.8) is 0 Å². The highest BCUT2D eigenvalue weighted by atomic mass is 32.1. The van der Waals surface area contributed by atoms with E-state index in [0.717, 1.165) is 34.9 Å². The molecule has 122 valence electrons. The molecule has 1 saturated carbocycles. The number of aromatic nitrogens is 1. The van der Waals surface area contributed by atoms with E-state index in [-0.39, 0.29) is 17.7 Å². The Morgan fingerprint density at radius 2 is 2.12 bits per heavy atom. The van der Waals surface area contributed by atoms with Gasteiger partial charge in [0, 0.05) is 35.7 Å². The predicted molar refractivity (Wildman–Crippen MR) is 93.8 cm³/mol. The summed E-state index contributed by atoms with van der Waals surface area (Å²) in [5.41, 5.74) is 2.16. The van der Waals surface area contributed by atoms with E-state index in [2.05, 4.69) is 27.8 Å². The van der Waals surface area contributed by atoms with Crippen LogP contribution in [0.3, 0.4) is 0 Å². The average Bonchev–Trinajstić information content (AvgIpc) is 3.01. The third-order valence-corrected chi connectivity index (χ3v) is 5.23. The van der Waals surface area contributed by atoms with E-state index >= 15 is 0 Å². The fourth-order valence-electron chi connectivity index (χ4n) is 2.88. The lowest BCUT2D eigenvalue weighted by molar-refractivity contribution is -0.122. The van der Waals surface area contributed by atoms with Gasteiger partial charge in [-0.15, -0.1) is 11.3 Å². The molecule has 2 heterocycles. The normalized spacial score (nSPS) is 19.2. The van der Waals surface area contributed by atoms with E-state index in [0.29, 0.717) is 6.54 Å². The van der Waals surface area contributed by atoms with Crippen molar-refractivity contribution in [3.05, 3.63) is 65.6 Å². The zero-order valence-electron chi connectivity index (χ0n) is 13.1. The molecule has 1 aromatic carbocycles. The molecule has 1 N–H and O–H groups in total. The maximum atomic E-state index is 12.2. The molecule has 1 aliphatic rings. The first-order chi connectivity index (χ1) is 11.8. The lowest BCUT2D eigenvalue weighted by Crippen LogP contribution is -2.27. The molecule has 1 aliphatic carbocycles. The average molecular weight is 338 g/mol.